The van der Waals surface area contributed by atoms with Gasteiger partial charge in [0.2, 0.25) is 0 Å². The Balaban J connectivity index is 1.18. The molecular weight excluding hydrogens is 694 g/mol. The van der Waals surface area contributed by atoms with Gasteiger partial charge in [0, 0.05) is 10.6 Å². The number of fused-ring (bicyclic) bond motifs is 6. The quantitative estimate of drug-likeness (QED) is 0.133. The van der Waals surface area contributed by atoms with Crippen molar-refractivity contribution < 1.29 is 9.47 Å². The lowest BCUT2D eigenvalue weighted by Crippen LogP contribution is -2.38. The zero-order valence-corrected chi connectivity index (χ0v) is 33.5. The third-order valence-electron chi connectivity index (χ3n) is 11.3. The second-order valence-electron chi connectivity index (χ2n) is 16.8. The van der Waals surface area contributed by atoms with E-state index in [4.69, 9.17) is 9.47 Å². The van der Waals surface area contributed by atoms with Crippen LogP contribution in [-0.2, 0) is 0 Å². The standard InChI is InChI=1S/C50H44O2P2/c1-49(2,3)53-45-39(43-35-21-11-7-17-31(35)29-32-18-8-12-22-36(32)43)25-15-27-41(45)51-47(53)48-52-42-28-16-26-40(46(42)54(48)50(4,5)6)44-37-23-13-9-19-33(37)30-34-20-10-14-24-38(34)44/h7-30,47-48H,1-6H3. The number of hydrogen-bond acceptors (Lipinski definition) is 2. The molecule has 4 unspecified atom stereocenters. The van der Waals surface area contributed by atoms with Crippen molar-refractivity contribution in [1.29, 1.82) is 0 Å². The third-order valence-corrected chi connectivity index (χ3v) is 18.0. The maximum atomic E-state index is 7.38. The van der Waals surface area contributed by atoms with E-state index in [1.54, 1.807) is 0 Å². The van der Waals surface area contributed by atoms with E-state index < -0.39 is 15.8 Å². The maximum Gasteiger partial charge on any atom is 0.162 e. The molecule has 0 fully saturated rings. The summed E-state index contributed by atoms with van der Waals surface area (Å²) >= 11 is 0. The number of benzene rings is 8. The molecule has 0 N–H and O–H groups in total. The van der Waals surface area contributed by atoms with Crippen LogP contribution in [0.25, 0.3) is 65.3 Å². The fourth-order valence-corrected chi connectivity index (χ4v) is 16.0. The Morgan fingerprint density at radius 3 is 1.02 bits per heavy atom. The van der Waals surface area contributed by atoms with Crippen LogP contribution in [0.1, 0.15) is 41.5 Å². The van der Waals surface area contributed by atoms with E-state index in [-0.39, 0.29) is 22.0 Å². The van der Waals surface area contributed by atoms with Crippen LogP contribution >= 0.6 is 15.8 Å². The van der Waals surface area contributed by atoms with Gasteiger partial charge in [-0.1, -0.05) is 163 Å². The minimum absolute atomic E-state index is 0.0482. The van der Waals surface area contributed by atoms with Crippen LogP contribution in [0.15, 0.2) is 146 Å². The van der Waals surface area contributed by atoms with Crippen molar-refractivity contribution in [1.82, 2.24) is 0 Å². The minimum atomic E-state index is -0.859. The molecule has 2 aliphatic heterocycles. The Kier molecular flexibility index (Phi) is 7.76. The Hall–Kier alpha value is -4.74. The summed E-state index contributed by atoms with van der Waals surface area (Å²) in [6.45, 7) is 14.5. The van der Waals surface area contributed by atoms with E-state index in [9.17, 15) is 0 Å². The molecule has 2 heterocycles. The first-order chi connectivity index (χ1) is 26.1. The van der Waals surface area contributed by atoms with Gasteiger partial charge in [0.15, 0.2) is 11.7 Å². The number of ether oxygens (including phenoxy) is 2. The predicted octanol–water partition coefficient (Wildman–Crippen LogP) is 13.6. The van der Waals surface area contributed by atoms with Crippen molar-refractivity contribution in [3.05, 3.63) is 146 Å². The molecule has 4 heteroatoms. The highest BCUT2D eigenvalue weighted by molar-refractivity contribution is 7.72. The van der Waals surface area contributed by atoms with Gasteiger partial charge in [-0.2, -0.15) is 0 Å². The van der Waals surface area contributed by atoms with Gasteiger partial charge in [0.25, 0.3) is 0 Å². The first-order valence-corrected chi connectivity index (χ1v) is 21.9. The highest BCUT2D eigenvalue weighted by Gasteiger charge is 2.55. The van der Waals surface area contributed by atoms with Crippen molar-refractivity contribution in [2.75, 3.05) is 0 Å². The molecule has 0 bridgehead atoms. The molecule has 266 valence electrons. The third kappa shape index (κ3) is 5.21. The second-order valence-corrected chi connectivity index (χ2v) is 22.9. The number of rotatable bonds is 3. The second kappa shape index (κ2) is 12.4. The summed E-state index contributed by atoms with van der Waals surface area (Å²) in [6, 6.07) is 53.6. The summed E-state index contributed by atoms with van der Waals surface area (Å²) in [6.07, 6.45) is 0. The van der Waals surface area contributed by atoms with E-state index in [1.807, 2.05) is 0 Å². The summed E-state index contributed by atoms with van der Waals surface area (Å²) < 4.78 is 14.8. The van der Waals surface area contributed by atoms with Crippen molar-refractivity contribution >= 4 is 69.5 Å². The summed E-state index contributed by atoms with van der Waals surface area (Å²) in [4.78, 5) is 0. The van der Waals surface area contributed by atoms with Gasteiger partial charge >= 0.3 is 0 Å². The van der Waals surface area contributed by atoms with Gasteiger partial charge < -0.3 is 9.47 Å². The molecule has 8 aromatic rings. The Morgan fingerprint density at radius 1 is 0.389 bits per heavy atom. The lowest BCUT2D eigenvalue weighted by molar-refractivity contribution is 0.171. The molecule has 0 aromatic heterocycles. The SMILES string of the molecule is CC(C)(C)P1c2c(cccc2-c2c3ccccc3cc3ccccc23)OC1C1Oc2cccc(-c3c4ccccc4cc4ccccc34)c2P1C(C)(C)C. The molecule has 0 saturated heterocycles. The molecule has 0 spiro atoms. The molecule has 0 amide bonds. The molecule has 8 aromatic carbocycles. The summed E-state index contributed by atoms with van der Waals surface area (Å²) in [5.41, 5.74) is 5.20. The van der Waals surface area contributed by atoms with E-state index in [0.29, 0.717) is 0 Å². The van der Waals surface area contributed by atoms with Crippen molar-refractivity contribution in [2.24, 2.45) is 0 Å². The van der Waals surface area contributed by atoms with Crippen LogP contribution in [0.3, 0.4) is 0 Å². The average Bonchev–Trinajstić information content (AvgIpc) is 3.76. The fourth-order valence-electron chi connectivity index (χ4n) is 9.17. The van der Waals surface area contributed by atoms with E-state index >= 15 is 0 Å². The van der Waals surface area contributed by atoms with Crippen molar-refractivity contribution in [3.63, 3.8) is 0 Å². The lowest BCUT2D eigenvalue weighted by atomic mass is 9.92. The zero-order chi connectivity index (χ0) is 36.9. The highest BCUT2D eigenvalue weighted by Crippen LogP contribution is 2.70. The molecule has 2 nitrogen and oxygen atoms in total. The number of hydrogen-bond donors (Lipinski definition) is 0. The molecule has 2 aliphatic rings. The van der Waals surface area contributed by atoms with E-state index in [0.717, 1.165) is 11.5 Å². The lowest BCUT2D eigenvalue weighted by Gasteiger charge is -2.40. The summed E-state index contributed by atoms with van der Waals surface area (Å²) in [5.74, 6) is 1.82. The monoisotopic (exact) mass is 738 g/mol. The first kappa shape index (κ1) is 33.8. The van der Waals surface area contributed by atoms with Crippen LogP contribution in [0.2, 0.25) is 0 Å². The molecule has 54 heavy (non-hydrogen) atoms. The van der Waals surface area contributed by atoms with Crippen molar-refractivity contribution in [3.8, 4) is 33.8 Å². The normalized spacial score (nSPS) is 19.6. The molecular formula is C50H44O2P2. The van der Waals surface area contributed by atoms with Crippen LogP contribution in [0.4, 0.5) is 0 Å². The first-order valence-electron chi connectivity index (χ1n) is 19.1. The molecule has 0 saturated carbocycles. The van der Waals surface area contributed by atoms with Crippen LogP contribution in [0.5, 0.6) is 11.5 Å². The average molecular weight is 739 g/mol. The fraction of sp³-hybridized carbons (Fsp3) is 0.200. The maximum absolute atomic E-state index is 7.38. The Labute approximate surface area is 320 Å². The summed E-state index contributed by atoms with van der Waals surface area (Å²) in [5, 5.41) is 12.8. The van der Waals surface area contributed by atoms with Gasteiger partial charge in [-0.15, -0.1) is 0 Å². The largest absolute Gasteiger partial charge is 0.481 e. The highest BCUT2D eigenvalue weighted by atomic mass is 31.1. The van der Waals surface area contributed by atoms with Gasteiger partial charge in [-0.05, 0) is 116 Å². The van der Waals surface area contributed by atoms with Gasteiger partial charge in [0.05, 0.1) is 0 Å². The zero-order valence-electron chi connectivity index (χ0n) is 31.7. The topological polar surface area (TPSA) is 18.5 Å². The van der Waals surface area contributed by atoms with Crippen molar-refractivity contribution in [2.45, 2.75) is 63.5 Å². The summed E-state index contributed by atoms with van der Waals surface area (Å²) in [7, 11) is -1.72. The van der Waals surface area contributed by atoms with Crippen LogP contribution < -0.4 is 20.1 Å². The Morgan fingerprint density at radius 2 is 0.704 bits per heavy atom. The Bertz CT molecular complexity index is 2490. The van der Waals surface area contributed by atoms with E-state index in [2.05, 4.69) is 187 Å². The molecule has 10 rings (SSSR count). The van der Waals surface area contributed by atoms with Gasteiger partial charge in [-0.25, -0.2) is 0 Å². The van der Waals surface area contributed by atoms with Gasteiger partial charge in [0.1, 0.15) is 11.5 Å². The molecule has 0 aliphatic carbocycles. The minimum Gasteiger partial charge on any atom is -0.481 e. The predicted molar refractivity (Wildman–Crippen MR) is 235 cm³/mol. The van der Waals surface area contributed by atoms with Crippen LogP contribution in [-0.4, -0.2) is 22.0 Å². The van der Waals surface area contributed by atoms with E-state index in [1.165, 1.54) is 76.0 Å². The smallest absolute Gasteiger partial charge is 0.162 e. The van der Waals surface area contributed by atoms with Gasteiger partial charge in [-0.3, -0.25) is 0 Å². The molecule has 4 atom stereocenters. The molecule has 0 radical (unpaired) electrons. The van der Waals surface area contributed by atoms with Crippen LogP contribution in [0, 0.1) is 0 Å².